The Balaban J connectivity index is 1.67. The highest BCUT2D eigenvalue weighted by atomic mass is 32.2. The average Bonchev–Trinajstić information content (AvgIpc) is 2.61. The van der Waals surface area contributed by atoms with E-state index in [2.05, 4.69) is 16.5 Å². The molecule has 2 heterocycles. The molecule has 0 spiro atoms. The van der Waals surface area contributed by atoms with Gasteiger partial charge in [0.2, 0.25) is 11.8 Å². The molecule has 0 aliphatic carbocycles. The molecule has 2 fully saturated rings. The van der Waals surface area contributed by atoms with Gasteiger partial charge in [0.25, 0.3) is 0 Å². The van der Waals surface area contributed by atoms with Crippen LogP contribution in [0.25, 0.3) is 0 Å². The Hall–Kier alpha value is -0.790. The Morgan fingerprint density at radius 1 is 1.29 bits per heavy atom. The van der Waals surface area contributed by atoms with Gasteiger partial charge in [-0.3, -0.25) is 14.5 Å². The number of likely N-dealkylation sites (tertiary alicyclic amines) is 1. The number of carbonyl (C=O) groups is 2. The number of carbonyl (C=O) groups excluding carboxylic acids is 2. The maximum Gasteiger partial charge on any atom is 0.224 e. The van der Waals surface area contributed by atoms with Crippen LogP contribution in [0.5, 0.6) is 0 Å². The fraction of sp³-hybridized carbons (Fsp3) is 0.882. The van der Waals surface area contributed by atoms with Crippen molar-refractivity contribution in [3.8, 4) is 0 Å². The number of rotatable bonds is 9. The quantitative estimate of drug-likeness (QED) is 0.619. The summed E-state index contributed by atoms with van der Waals surface area (Å²) >= 11 is 1.79. The first-order valence-corrected chi connectivity index (χ1v) is 10.4. The third-order valence-corrected chi connectivity index (χ3v) is 5.40. The summed E-state index contributed by atoms with van der Waals surface area (Å²) in [6.07, 6.45) is 5.23. The van der Waals surface area contributed by atoms with Crippen LogP contribution in [0, 0.1) is 5.92 Å². The molecule has 1 unspecified atom stereocenters. The van der Waals surface area contributed by atoms with Gasteiger partial charge in [-0.1, -0.05) is 0 Å². The number of hydrogen-bond acceptors (Lipinski definition) is 5. The lowest BCUT2D eigenvalue weighted by molar-refractivity contribution is -0.138. The van der Waals surface area contributed by atoms with Crippen LogP contribution in [0.3, 0.4) is 0 Å². The van der Waals surface area contributed by atoms with E-state index in [4.69, 9.17) is 4.74 Å². The second-order valence-electron chi connectivity index (χ2n) is 6.52. The van der Waals surface area contributed by atoms with Crippen LogP contribution in [0.15, 0.2) is 0 Å². The molecule has 2 saturated heterocycles. The van der Waals surface area contributed by atoms with Crippen molar-refractivity contribution in [2.24, 2.45) is 5.92 Å². The standard InChI is InChI=1S/C17H31N3O3S/c1-24-13-2-6-18-17(22)15-4-5-16(21)20(14-15)8-3-7-19-9-11-23-12-10-19/h15H,2-14H2,1H3,(H,18,22). The first-order valence-electron chi connectivity index (χ1n) is 9.05. The van der Waals surface area contributed by atoms with E-state index in [1.165, 1.54) is 0 Å². The van der Waals surface area contributed by atoms with Crippen molar-refractivity contribution in [2.45, 2.75) is 25.7 Å². The highest BCUT2D eigenvalue weighted by molar-refractivity contribution is 7.98. The third kappa shape index (κ3) is 6.61. The van der Waals surface area contributed by atoms with Crippen molar-refractivity contribution in [3.63, 3.8) is 0 Å². The Labute approximate surface area is 149 Å². The van der Waals surface area contributed by atoms with E-state index in [0.717, 1.165) is 64.5 Å². The van der Waals surface area contributed by atoms with Crippen molar-refractivity contribution in [2.75, 3.05) is 64.5 Å². The minimum absolute atomic E-state index is 0.0413. The average molecular weight is 358 g/mol. The van der Waals surface area contributed by atoms with Crippen molar-refractivity contribution in [1.82, 2.24) is 15.1 Å². The van der Waals surface area contributed by atoms with Crippen molar-refractivity contribution >= 4 is 23.6 Å². The summed E-state index contributed by atoms with van der Waals surface area (Å²) in [5, 5.41) is 3.02. The minimum atomic E-state index is -0.0413. The molecule has 2 amide bonds. The van der Waals surface area contributed by atoms with E-state index in [1.807, 2.05) is 4.90 Å². The summed E-state index contributed by atoms with van der Waals surface area (Å²) in [5.74, 6) is 1.34. The first kappa shape index (κ1) is 19.5. The summed E-state index contributed by atoms with van der Waals surface area (Å²) in [7, 11) is 0. The predicted molar refractivity (Wildman–Crippen MR) is 97.2 cm³/mol. The zero-order valence-electron chi connectivity index (χ0n) is 14.8. The Kier molecular flexibility index (Phi) is 8.91. The zero-order chi connectivity index (χ0) is 17.2. The molecule has 0 aromatic heterocycles. The van der Waals surface area contributed by atoms with E-state index < -0.39 is 0 Å². The second-order valence-corrected chi connectivity index (χ2v) is 7.51. The van der Waals surface area contributed by atoms with Gasteiger partial charge < -0.3 is 15.0 Å². The highest BCUT2D eigenvalue weighted by Crippen LogP contribution is 2.18. The van der Waals surface area contributed by atoms with Gasteiger partial charge >= 0.3 is 0 Å². The number of nitrogens with one attached hydrogen (secondary N) is 1. The number of morpholine rings is 1. The minimum Gasteiger partial charge on any atom is -0.379 e. The number of hydrogen-bond donors (Lipinski definition) is 1. The number of amides is 2. The SMILES string of the molecule is CSCCCNC(=O)C1CCC(=O)N(CCCN2CCOCC2)C1. The van der Waals surface area contributed by atoms with E-state index in [0.29, 0.717) is 19.4 Å². The molecule has 7 heteroatoms. The first-order chi connectivity index (χ1) is 11.7. The molecule has 0 aromatic rings. The van der Waals surface area contributed by atoms with E-state index in [9.17, 15) is 9.59 Å². The lowest BCUT2D eigenvalue weighted by Gasteiger charge is -2.33. The van der Waals surface area contributed by atoms with Crippen LogP contribution in [-0.4, -0.2) is 86.1 Å². The summed E-state index contributed by atoms with van der Waals surface area (Å²) in [6.45, 7) is 6.65. The largest absolute Gasteiger partial charge is 0.379 e. The molecule has 0 saturated carbocycles. The monoisotopic (exact) mass is 357 g/mol. The van der Waals surface area contributed by atoms with Crippen molar-refractivity contribution in [3.05, 3.63) is 0 Å². The number of ether oxygens (including phenoxy) is 1. The van der Waals surface area contributed by atoms with Crippen LogP contribution < -0.4 is 5.32 Å². The molecule has 0 bridgehead atoms. The smallest absolute Gasteiger partial charge is 0.224 e. The summed E-state index contributed by atoms with van der Waals surface area (Å²) in [6, 6.07) is 0. The molecule has 1 N–H and O–H groups in total. The number of nitrogens with zero attached hydrogens (tertiary/aromatic N) is 2. The van der Waals surface area contributed by atoms with Crippen LogP contribution in [0.1, 0.15) is 25.7 Å². The fourth-order valence-corrected chi connectivity index (χ4v) is 3.66. The van der Waals surface area contributed by atoms with Crippen molar-refractivity contribution < 1.29 is 14.3 Å². The van der Waals surface area contributed by atoms with Gasteiger partial charge in [-0.2, -0.15) is 11.8 Å². The third-order valence-electron chi connectivity index (χ3n) is 4.70. The Bertz CT molecular complexity index is 403. The molecule has 2 aliphatic rings. The summed E-state index contributed by atoms with van der Waals surface area (Å²) in [4.78, 5) is 28.6. The van der Waals surface area contributed by atoms with Gasteiger partial charge in [0, 0.05) is 45.7 Å². The van der Waals surface area contributed by atoms with Gasteiger partial charge in [-0.05, 0) is 31.3 Å². The highest BCUT2D eigenvalue weighted by Gasteiger charge is 2.29. The fourth-order valence-electron chi connectivity index (χ4n) is 3.23. The van der Waals surface area contributed by atoms with Gasteiger partial charge in [-0.15, -0.1) is 0 Å². The predicted octanol–water partition coefficient (Wildman–Crippen LogP) is 0.817. The van der Waals surface area contributed by atoms with Gasteiger partial charge in [0.05, 0.1) is 19.1 Å². The molecule has 0 radical (unpaired) electrons. The maximum atomic E-state index is 12.3. The molecule has 2 aliphatic heterocycles. The van der Waals surface area contributed by atoms with Crippen LogP contribution >= 0.6 is 11.8 Å². The molecule has 2 rings (SSSR count). The Morgan fingerprint density at radius 2 is 2.08 bits per heavy atom. The normalized spacial score (nSPS) is 22.6. The lowest BCUT2D eigenvalue weighted by Crippen LogP contribution is -2.47. The molecule has 138 valence electrons. The van der Waals surface area contributed by atoms with Gasteiger partial charge in [-0.25, -0.2) is 0 Å². The van der Waals surface area contributed by atoms with Crippen LogP contribution in [-0.2, 0) is 14.3 Å². The van der Waals surface area contributed by atoms with Crippen molar-refractivity contribution in [1.29, 1.82) is 0 Å². The molecule has 24 heavy (non-hydrogen) atoms. The van der Waals surface area contributed by atoms with Crippen LogP contribution in [0.2, 0.25) is 0 Å². The topological polar surface area (TPSA) is 61.9 Å². The molecule has 6 nitrogen and oxygen atoms in total. The van der Waals surface area contributed by atoms with Crippen LogP contribution in [0.4, 0.5) is 0 Å². The maximum absolute atomic E-state index is 12.3. The van der Waals surface area contributed by atoms with Gasteiger partial charge in [0.1, 0.15) is 0 Å². The molecular weight excluding hydrogens is 326 g/mol. The summed E-state index contributed by atoms with van der Waals surface area (Å²) in [5.41, 5.74) is 0. The van der Waals surface area contributed by atoms with Gasteiger partial charge in [0.15, 0.2) is 0 Å². The number of thioether (sulfide) groups is 1. The van der Waals surface area contributed by atoms with E-state index in [-0.39, 0.29) is 17.7 Å². The van der Waals surface area contributed by atoms with E-state index in [1.54, 1.807) is 11.8 Å². The zero-order valence-corrected chi connectivity index (χ0v) is 15.6. The molecular formula is C17H31N3O3S. The Morgan fingerprint density at radius 3 is 2.83 bits per heavy atom. The van der Waals surface area contributed by atoms with E-state index >= 15 is 0 Å². The lowest BCUT2D eigenvalue weighted by atomic mass is 9.96. The number of piperidine rings is 1. The second kappa shape index (κ2) is 10.9. The molecule has 0 aromatic carbocycles. The summed E-state index contributed by atoms with van der Waals surface area (Å²) < 4.78 is 5.35. The molecule has 1 atom stereocenters.